The molecule has 2 N–H and O–H groups in total. The number of rotatable bonds is 5. The molecule has 0 atom stereocenters. The van der Waals surface area contributed by atoms with Gasteiger partial charge >= 0.3 is 0 Å². The molecule has 1 aromatic heterocycles. The molecule has 0 aliphatic rings. The number of benzene rings is 1. The Morgan fingerprint density at radius 2 is 1.54 bits per heavy atom. The number of nitrogens with one attached hydrogen (secondary N) is 2. The number of thiocarbonyl (C=S) groups is 1. The lowest BCUT2D eigenvalue weighted by Crippen LogP contribution is -2.29. The van der Waals surface area contributed by atoms with Crippen LogP contribution in [-0.2, 0) is 6.54 Å². The van der Waals surface area contributed by atoms with Crippen molar-refractivity contribution in [1.82, 2.24) is 15.1 Å². The number of nitrogens with zero attached hydrogens (tertiary/aromatic N) is 2. The van der Waals surface area contributed by atoms with Gasteiger partial charge in [0.2, 0.25) is 5.82 Å². The molecule has 0 radical (unpaired) electrons. The summed E-state index contributed by atoms with van der Waals surface area (Å²) < 4.78 is 68.7. The first-order valence-electron chi connectivity index (χ1n) is 7.78. The molecule has 4 nitrogen and oxygen atoms in total. The summed E-state index contributed by atoms with van der Waals surface area (Å²) in [5.74, 6) is -9.90. The molecule has 0 amide bonds. The molecule has 0 saturated carbocycles. The van der Waals surface area contributed by atoms with Gasteiger partial charge in [0, 0.05) is 6.54 Å². The van der Waals surface area contributed by atoms with Crippen molar-refractivity contribution in [2.45, 2.75) is 33.7 Å². The quantitative estimate of drug-likeness (QED) is 0.350. The van der Waals surface area contributed by atoms with Crippen molar-refractivity contribution >= 4 is 23.0 Å². The molecule has 26 heavy (non-hydrogen) atoms. The Labute approximate surface area is 152 Å². The zero-order valence-electron chi connectivity index (χ0n) is 14.3. The van der Waals surface area contributed by atoms with Gasteiger partial charge in [-0.2, -0.15) is 5.10 Å². The fourth-order valence-corrected chi connectivity index (χ4v) is 2.57. The SMILES string of the molecule is CCCNC(=S)Nc1c(C)nn(Cc2c(F)c(F)c(F)c(F)c2F)c1C. The molecule has 0 saturated heterocycles. The molecule has 0 fully saturated rings. The van der Waals surface area contributed by atoms with E-state index < -0.39 is 41.2 Å². The van der Waals surface area contributed by atoms with Crippen molar-refractivity contribution < 1.29 is 22.0 Å². The van der Waals surface area contributed by atoms with Gasteiger partial charge in [0.25, 0.3) is 0 Å². The molecule has 0 spiro atoms. The average Bonchev–Trinajstić information content (AvgIpc) is 2.87. The van der Waals surface area contributed by atoms with Gasteiger partial charge in [0.05, 0.1) is 29.2 Å². The third-order valence-corrected chi connectivity index (χ3v) is 4.01. The van der Waals surface area contributed by atoms with E-state index in [0.29, 0.717) is 28.7 Å². The van der Waals surface area contributed by atoms with E-state index in [0.717, 1.165) is 11.1 Å². The lowest BCUT2D eigenvalue weighted by molar-refractivity contribution is 0.366. The van der Waals surface area contributed by atoms with Gasteiger partial charge in [0.15, 0.2) is 28.4 Å². The molecule has 0 bridgehead atoms. The van der Waals surface area contributed by atoms with Crippen LogP contribution >= 0.6 is 12.2 Å². The van der Waals surface area contributed by atoms with Crippen molar-refractivity contribution in [2.75, 3.05) is 11.9 Å². The fourth-order valence-electron chi connectivity index (χ4n) is 2.37. The molecule has 0 unspecified atom stereocenters. The van der Waals surface area contributed by atoms with Crippen LogP contribution in [0, 0.1) is 42.9 Å². The van der Waals surface area contributed by atoms with Crippen molar-refractivity contribution in [3.63, 3.8) is 0 Å². The van der Waals surface area contributed by atoms with E-state index in [1.807, 2.05) is 6.92 Å². The zero-order chi connectivity index (χ0) is 19.6. The zero-order valence-corrected chi connectivity index (χ0v) is 15.1. The summed E-state index contributed by atoms with van der Waals surface area (Å²) in [4.78, 5) is 0. The van der Waals surface area contributed by atoms with E-state index >= 15 is 0 Å². The third kappa shape index (κ3) is 3.79. The minimum atomic E-state index is -2.19. The fraction of sp³-hybridized carbons (Fsp3) is 0.375. The van der Waals surface area contributed by atoms with Gasteiger partial charge in [-0.25, -0.2) is 22.0 Å². The third-order valence-electron chi connectivity index (χ3n) is 3.76. The minimum Gasteiger partial charge on any atom is -0.362 e. The van der Waals surface area contributed by atoms with Gasteiger partial charge in [-0.15, -0.1) is 0 Å². The highest BCUT2D eigenvalue weighted by atomic mass is 32.1. The number of anilines is 1. The van der Waals surface area contributed by atoms with Gasteiger partial charge in [0.1, 0.15) is 0 Å². The first-order valence-corrected chi connectivity index (χ1v) is 8.18. The monoisotopic (exact) mass is 392 g/mol. The Kier molecular flexibility index (Phi) is 6.17. The van der Waals surface area contributed by atoms with Crippen LogP contribution < -0.4 is 10.6 Å². The molecule has 0 aliphatic heterocycles. The van der Waals surface area contributed by atoms with Crippen LogP contribution in [-0.4, -0.2) is 21.4 Å². The standard InChI is InChI=1S/C16H17F5N4S/c1-4-5-22-16(26)23-15-7(2)24-25(8(15)3)6-9-10(17)12(19)14(21)13(20)11(9)18/h4-6H2,1-3H3,(H2,22,23,26). The summed E-state index contributed by atoms with van der Waals surface area (Å²) in [6.07, 6.45) is 0.860. The Morgan fingerprint density at radius 3 is 2.08 bits per heavy atom. The van der Waals surface area contributed by atoms with Crippen molar-refractivity contribution in [1.29, 1.82) is 0 Å². The molecule has 2 aromatic rings. The number of halogens is 5. The van der Waals surface area contributed by atoms with Crippen LogP contribution in [0.3, 0.4) is 0 Å². The van der Waals surface area contributed by atoms with Crippen LogP contribution in [0.25, 0.3) is 0 Å². The van der Waals surface area contributed by atoms with Crippen LogP contribution in [0.1, 0.15) is 30.3 Å². The highest BCUT2D eigenvalue weighted by molar-refractivity contribution is 7.80. The van der Waals surface area contributed by atoms with E-state index in [-0.39, 0.29) is 0 Å². The van der Waals surface area contributed by atoms with Gasteiger partial charge in [-0.05, 0) is 32.5 Å². The maximum absolute atomic E-state index is 13.9. The molecule has 142 valence electrons. The van der Waals surface area contributed by atoms with E-state index in [9.17, 15) is 22.0 Å². The first kappa shape index (κ1) is 20.1. The van der Waals surface area contributed by atoms with E-state index in [1.54, 1.807) is 13.8 Å². The predicted molar refractivity (Wildman–Crippen MR) is 91.5 cm³/mol. The van der Waals surface area contributed by atoms with Gasteiger partial charge in [-0.1, -0.05) is 6.92 Å². The van der Waals surface area contributed by atoms with Crippen LogP contribution in [0.15, 0.2) is 0 Å². The summed E-state index contributed by atoms with van der Waals surface area (Å²) in [5, 5.41) is 10.3. The van der Waals surface area contributed by atoms with Crippen LogP contribution in [0.5, 0.6) is 0 Å². The van der Waals surface area contributed by atoms with Gasteiger partial charge < -0.3 is 10.6 Å². The van der Waals surface area contributed by atoms with Crippen molar-refractivity contribution in [2.24, 2.45) is 0 Å². The minimum absolute atomic E-state index is 0.342. The first-order chi connectivity index (χ1) is 12.2. The molecule has 2 rings (SSSR count). The number of aromatic nitrogens is 2. The number of aryl methyl sites for hydroxylation is 1. The average molecular weight is 392 g/mol. The Bertz CT molecular complexity index is 821. The molecule has 1 aromatic carbocycles. The largest absolute Gasteiger partial charge is 0.362 e. The summed E-state index contributed by atoms with van der Waals surface area (Å²) in [5.41, 5.74) is 0.451. The molecular formula is C16H17F5N4S. The lowest BCUT2D eigenvalue weighted by Gasteiger charge is -2.11. The summed E-state index contributed by atoms with van der Waals surface area (Å²) >= 11 is 5.13. The normalized spacial score (nSPS) is 10.9. The molecule has 0 aliphatic carbocycles. The second-order valence-corrected chi connectivity index (χ2v) is 6.04. The lowest BCUT2D eigenvalue weighted by atomic mass is 10.1. The molecule has 1 heterocycles. The number of hydrogen-bond donors (Lipinski definition) is 2. The summed E-state index contributed by atoms with van der Waals surface area (Å²) in [6, 6.07) is 0. The highest BCUT2D eigenvalue weighted by Crippen LogP contribution is 2.26. The van der Waals surface area contributed by atoms with Gasteiger partial charge in [-0.3, -0.25) is 4.68 Å². The van der Waals surface area contributed by atoms with E-state index in [4.69, 9.17) is 12.2 Å². The maximum atomic E-state index is 13.9. The van der Waals surface area contributed by atoms with Crippen LogP contribution in [0.2, 0.25) is 0 Å². The Morgan fingerprint density at radius 1 is 1.00 bits per heavy atom. The predicted octanol–water partition coefficient (Wildman–Crippen LogP) is 3.94. The van der Waals surface area contributed by atoms with Crippen molar-refractivity contribution in [3.05, 3.63) is 46.0 Å². The van der Waals surface area contributed by atoms with Crippen LogP contribution in [0.4, 0.5) is 27.6 Å². The highest BCUT2D eigenvalue weighted by Gasteiger charge is 2.26. The maximum Gasteiger partial charge on any atom is 0.200 e. The second kappa shape index (κ2) is 7.98. The number of hydrogen-bond acceptors (Lipinski definition) is 2. The smallest absolute Gasteiger partial charge is 0.200 e. The van der Waals surface area contributed by atoms with E-state index in [2.05, 4.69) is 15.7 Å². The topological polar surface area (TPSA) is 41.9 Å². The molecule has 10 heteroatoms. The van der Waals surface area contributed by atoms with Crippen molar-refractivity contribution in [3.8, 4) is 0 Å². The summed E-state index contributed by atoms with van der Waals surface area (Å²) in [7, 11) is 0. The Balaban J connectivity index is 2.35. The second-order valence-electron chi connectivity index (χ2n) is 5.63. The van der Waals surface area contributed by atoms with E-state index in [1.165, 1.54) is 0 Å². The Hall–Kier alpha value is -2.23. The summed E-state index contributed by atoms with van der Waals surface area (Å²) in [6.45, 7) is 5.23. The molecular weight excluding hydrogens is 375 g/mol.